The molecule has 5 heteroatoms. The second-order valence-electron chi connectivity index (χ2n) is 5.17. The summed E-state index contributed by atoms with van der Waals surface area (Å²) in [5.41, 5.74) is 1.39. The van der Waals surface area contributed by atoms with Crippen LogP contribution in [0.5, 0.6) is 0 Å². The molecule has 0 saturated heterocycles. The van der Waals surface area contributed by atoms with E-state index in [9.17, 15) is 9.59 Å². The van der Waals surface area contributed by atoms with Crippen LogP contribution in [0.3, 0.4) is 0 Å². The Morgan fingerprint density at radius 1 is 1.09 bits per heavy atom. The molecule has 114 valence electrons. The first kappa shape index (κ1) is 16.2. The van der Waals surface area contributed by atoms with Crippen LogP contribution < -0.4 is 5.32 Å². The zero-order chi connectivity index (χ0) is 16.1. The average Bonchev–Trinajstić information content (AvgIpc) is 2.48. The van der Waals surface area contributed by atoms with E-state index in [1.54, 1.807) is 61.5 Å². The van der Waals surface area contributed by atoms with Crippen molar-refractivity contribution in [3.63, 3.8) is 0 Å². The van der Waals surface area contributed by atoms with Gasteiger partial charge in [-0.2, -0.15) is 0 Å². The number of likely N-dealkylation sites (N-methyl/N-ethyl adjacent to an activating group) is 1. The van der Waals surface area contributed by atoms with E-state index in [4.69, 9.17) is 11.6 Å². The van der Waals surface area contributed by atoms with E-state index < -0.39 is 0 Å². The lowest BCUT2D eigenvalue weighted by molar-refractivity contribution is -0.116. The summed E-state index contributed by atoms with van der Waals surface area (Å²) >= 11 is 6.00. The number of benzene rings is 2. The lowest BCUT2D eigenvalue weighted by Gasteiger charge is -2.13. The lowest BCUT2D eigenvalue weighted by Crippen LogP contribution is -2.27. The smallest absolute Gasteiger partial charge is 0.238 e. The summed E-state index contributed by atoms with van der Waals surface area (Å²) < 4.78 is 0. The lowest BCUT2D eigenvalue weighted by atomic mass is 10.0. The monoisotopic (exact) mass is 316 g/mol. The van der Waals surface area contributed by atoms with Crippen LogP contribution in [0.25, 0.3) is 0 Å². The molecule has 0 saturated carbocycles. The summed E-state index contributed by atoms with van der Waals surface area (Å²) in [6.07, 6.45) is 0. The number of carbonyl (C=O) groups excluding carboxylic acids is 2. The van der Waals surface area contributed by atoms with Crippen molar-refractivity contribution in [2.24, 2.45) is 0 Å². The van der Waals surface area contributed by atoms with Gasteiger partial charge in [0.2, 0.25) is 5.91 Å². The molecule has 0 aromatic heterocycles. The minimum absolute atomic E-state index is 0.178. The minimum Gasteiger partial charge on any atom is -0.324 e. The van der Waals surface area contributed by atoms with Crippen molar-refractivity contribution >= 4 is 29.0 Å². The summed E-state index contributed by atoms with van der Waals surface area (Å²) in [5.74, 6) is -0.363. The third kappa shape index (κ3) is 4.16. The van der Waals surface area contributed by atoms with E-state index >= 15 is 0 Å². The van der Waals surface area contributed by atoms with Gasteiger partial charge in [-0.3, -0.25) is 9.59 Å². The van der Waals surface area contributed by atoms with Crippen LogP contribution in [0.15, 0.2) is 48.5 Å². The number of anilines is 1. The molecular formula is C17H17ClN2O2. The van der Waals surface area contributed by atoms with Crippen LogP contribution >= 0.6 is 11.6 Å². The second-order valence-corrected chi connectivity index (χ2v) is 5.61. The molecule has 4 nitrogen and oxygen atoms in total. The molecule has 0 spiro atoms. The van der Waals surface area contributed by atoms with Crippen LogP contribution in [0, 0.1) is 0 Å². The first-order chi connectivity index (χ1) is 10.5. The van der Waals surface area contributed by atoms with Gasteiger partial charge in [0.05, 0.1) is 12.2 Å². The highest BCUT2D eigenvalue weighted by Crippen LogP contribution is 2.23. The zero-order valence-corrected chi connectivity index (χ0v) is 13.2. The highest BCUT2D eigenvalue weighted by atomic mass is 35.5. The Hall–Kier alpha value is -2.17. The molecule has 0 fully saturated rings. The Kier molecular flexibility index (Phi) is 5.31. The molecular weight excluding hydrogens is 300 g/mol. The maximum atomic E-state index is 12.6. The standard InChI is InChI=1S/C17H17ClN2O2/c1-20(2)11-16(21)19-15-9-8-13(18)10-14(15)17(22)12-6-4-3-5-7-12/h3-10H,11H2,1-2H3,(H,19,21). The molecule has 0 atom stereocenters. The van der Waals surface area contributed by atoms with Crippen molar-refractivity contribution in [2.45, 2.75) is 0 Å². The van der Waals surface area contributed by atoms with Gasteiger partial charge in [-0.1, -0.05) is 41.9 Å². The Balaban J connectivity index is 2.32. The van der Waals surface area contributed by atoms with E-state index in [1.807, 2.05) is 6.07 Å². The normalized spacial score (nSPS) is 10.5. The number of hydrogen-bond donors (Lipinski definition) is 1. The van der Waals surface area contributed by atoms with E-state index in [1.165, 1.54) is 0 Å². The van der Waals surface area contributed by atoms with Crippen molar-refractivity contribution in [2.75, 3.05) is 26.0 Å². The van der Waals surface area contributed by atoms with E-state index in [0.717, 1.165) is 0 Å². The number of halogens is 1. The van der Waals surface area contributed by atoms with Crippen LogP contribution in [-0.4, -0.2) is 37.2 Å². The Morgan fingerprint density at radius 3 is 2.41 bits per heavy atom. The summed E-state index contributed by atoms with van der Waals surface area (Å²) in [5, 5.41) is 3.21. The first-order valence-electron chi connectivity index (χ1n) is 6.81. The zero-order valence-electron chi connectivity index (χ0n) is 12.5. The number of amides is 1. The number of rotatable bonds is 5. The minimum atomic E-state index is -0.186. The highest BCUT2D eigenvalue weighted by Gasteiger charge is 2.16. The van der Waals surface area contributed by atoms with Crippen molar-refractivity contribution in [1.29, 1.82) is 0 Å². The predicted octanol–water partition coefficient (Wildman–Crippen LogP) is 3.07. The first-order valence-corrected chi connectivity index (χ1v) is 7.19. The number of nitrogens with zero attached hydrogens (tertiary/aromatic N) is 1. The van der Waals surface area contributed by atoms with E-state index in [-0.39, 0.29) is 18.2 Å². The van der Waals surface area contributed by atoms with Gasteiger partial charge < -0.3 is 10.2 Å². The molecule has 0 aliphatic rings. The van der Waals surface area contributed by atoms with Crippen LogP contribution in [-0.2, 0) is 4.79 Å². The Bertz CT molecular complexity index is 684. The number of ketones is 1. The molecule has 0 aliphatic heterocycles. The third-order valence-corrected chi connectivity index (χ3v) is 3.23. The number of nitrogens with one attached hydrogen (secondary N) is 1. The van der Waals surface area contributed by atoms with Crippen molar-refractivity contribution in [3.8, 4) is 0 Å². The predicted molar refractivity (Wildman–Crippen MR) is 88.5 cm³/mol. The fourth-order valence-corrected chi connectivity index (χ4v) is 2.21. The maximum Gasteiger partial charge on any atom is 0.238 e. The van der Waals surface area contributed by atoms with Gasteiger partial charge in [-0.25, -0.2) is 0 Å². The average molecular weight is 317 g/mol. The molecule has 2 aromatic rings. The van der Waals surface area contributed by atoms with Gasteiger partial charge in [0.25, 0.3) is 0 Å². The molecule has 2 aromatic carbocycles. The van der Waals surface area contributed by atoms with Gasteiger partial charge in [0.15, 0.2) is 5.78 Å². The van der Waals surface area contributed by atoms with Crippen molar-refractivity contribution in [1.82, 2.24) is 4.90 Å². The van der Waals surface area contributed by atoms with E-state index in [0.29, 0.717) is 21.8 Å². The fraction of sp³-hybridized carbons (Fsp3) is 0.176. The molecule has 0 radical (unpaired) electrons. The topological polar surface area (TPSA) is 49.4 Å². The second kappa shape index (κ2) is 7.20. The maximum absolute atomic E-state index is 12.6. The summed E-state index contributed by atoms with van der Waals surface area (Å²) in [4.78, 5) is 26.3. The molecule has 0 bridgehead atoms. The molecule has 0 heterocycles. The van der Waals surface area contributed by atoms with Gasteiger partial charge >= 0.3 is 0 Å². The van der Waals surface area contributed by atoms with Gasteiger partial charge in [-0.05, 0) is 32.3 Å². The van der Waals surface area contributed by atoms with Gasteiger partial charge in [-0.15, -0.1) is 0 Å². The summed E-state index contributed by atoms with van der Waals surface area (Å²) in [7, 11) is 3.61. The van der Waals surface area contributed by atoms with E-state index in [2.05, 4.69) is 5.32 Å². The summed E-state index contributed by atoms with van der Waals surface area (Å²) in [6.45, 7) is 0.238. The largest absolute Gasteiger partial charge is 0.324 e. The van der Waals surface area contributed by atoms with Crippen LogP contribution in [0.4, 0.5) is 5.69 Å². The summed E-state index contributed by atoms with van der Waals surface area (Å²) in [6, 6.07) is 13.8. The molecule has 1 amide bonds. The molecule has 22 heavy (non-hydrogen) atoms. The van der Waals surface area contributed by atoms with Crippen LogP contribution in [0.1, 0.15) is 15.9 Å². The number of carbonyl (C=O) groups is 2. The van der Waals surface area contributed by atoms with Gasteiger partial charge in [0.1, 0.15) is 0 Å². The molecule has 0 unspecified atom stereocenters. The fourth-order valence-electron chi connectivity index (χ4n) is 2.04. The van der Waals surface area contributed by atoms with Gasteiger partial charge in [0, 0.05) is 16.1 Å². The Morgan fingerprint density at radius 2 is 1.77 bits per heavy atom. The van der Waals surface area contributed by atoms with Crippen molar-refractivity contribution in [3.05, 3.63) is 64.7 Å². The SMILES string of the molecule is CN(C)CC(=O)Nc1ccc(Cl)cc1C(=O)c1ccccc1. The molecule has 1 N–H and O–H groups in total. The highest BCUT2D eigenvalue weighted by molar-refractivity contribution is 6.31. The third-order valence-electron chi connectivity index (χ3n) is 3.00. The number of hydrogen-bond acceptors (Lipinski definition) is 3. The Labute approximate surface area is 134 Å². The van der Waals surface area contributed by atoms with Crippen LogP contribution in [0.2, 0.25) is 5.02 Å². The van der Waals surface area contributed by atoms with Crippen molar-refractivity contribution < 1.29 is 9.59 Å². The molecule has 0 aliphatic carbocycles. The molecule has 2 rings (SSSR count). The quantitative estimate of drug-likeness (QED) is 0.862.